The third-order valence-electron chi connectivity index (χ3n) is 11.9. The zero-order chi connectivity index (χ0) is 48.5. The molecule has 0 N–H and O–H groups in total. The molecule has 71 heavy (non-hydrogen) atoms. The lowest BCUT2D eigenvalue weighted by Gasteiger charge is -2.26. The second-order valence-corrected chi connectivity index (χ2v) is 18.5. The van der Waals surface area contributed by atoms with Crippen LogP contribution in [0.25, 0.3) is 43.9 Å². The van der Waals surface area contributed by atoms with Crippen LogP contribution in [0.5, 0.6) is 0 Å². The molecule has 0 atom stereocenters. The Balaban J connectivity index is 0.000000157. The first kappa shape index (κ1) is 46.4. The summed E-state index contributed by atoms with van der Waals surface area (Å²) in [5, 5.41) is 2.28. The Labute approximate surface area is 427 Å². The normalized spacial score (nSPS) is 10.8. The van der Waals surface area contributed by atoms with E-state index in [0.717, 1.165) is 49.5 Å². The Hall–Kier alpha value is -8.30. The topological polar surface area (TPSA) is 66.9 Å². The summed E-state index contributed by atoms with van der Waals surface area (Å²) in [5.41, 5.74) is 10.8. The Morgan fingerprint density at radius 2 is 0.634 bits per heavy atom. The quantitative estimate of drug-likeness (QED) is 0.141. The highest BCUT2D eigenvalue weighted by atomic mass is 79.9. The van der Waals surface area contributed by atoms with Gasteiger partial charge in [0.1, 0.15) is 22.3 Å². The molecule has 0 aliphatic heterocycles. The number of benzene rings is 10. The summed E-state index contributed by atoms with van der Waals surface area (Å²) in [6.07, 6.45) is 1.03. The van der Waals surface area contributed by atoms with Crippen molar-refractivity contribution < 1.29 is 8.83 Å². The average molecular weight is 1050 g/mol. The number of rotatable bonds is 8. The van der Waals surface area contributed by atoms with E-state index in [1.54, 1.807) is 24.3 Å². The van der Waals surface area contributed by atoms with Crippen molar-refractivity contribution in [1.29, 1.82) is 0 Å². The zero-order valence-corrected chi connectivity index (χ0v) is 41.4. The number of fused-ring (bicyclic) bond motifs is 4. The van der Waals surface area contributed by atoms with E-state index in [4.69, 9.17) is 8.83 Å². The van der Waals surface area contributed by atoms with E-state index < -0.39 is 0 Å². The SMILES string of the molecule is O=c1c2ccc(Br)cc2oc2ccc(Br)cc12.O=c1c2ccc(N(c3ccccc3)c3ccccc3)cc2oc2ccc(N(c3ccccc3)c3ccccc3)cc12.c1ccc(Cc2ccccc2)cc1. The second-order valence-electron chi connectivity index (χ2n) is 16.7. The molecule has 0 aliphatic carbocycles. The van der Waals surface area contributed by atoms with Gasteiger partial charge in [-0.25, -0.2) is 0 Å². The Morgan fingerprint density at radius 1 is 0.296 bits per heavy atom. The Bertz CT molecular complexity index is 3740. The van der Waals surface area contributed by atoms with Crippen molar-refractivity contribution >= 4 is 110 Å². The van der Waals surface area contributed by atoms with E-state index in [1.165, 1.54) is 11.1 Å². The number of halogens is 2. The molecule has 0 unspecified atom stereocenters. The number of nitrogens with zero attached hydrogens (tertiary/aromatic N) is 2. The summed E-state index contributed by atoms with van der Waals surface area (Å²) in [5.74, 6) is 0. The second kappa shape index (κ2) is 21.6. The molecule has 12 aromatic rings. The van der Waals surface area contributed by atoms with Crippen molar-refractivity contribution in [2.24, 2.45) is 0 Å². The van der Waals surface area contributed by atoms with Crippen molar-refractivity contribution in [2.45, 2.75) is 6.42 Å². The summed E-state index contributed by atoms with van der Waals surface area (Å²) < 4.78 is 13.9. The maximum atomic E-state index is 13.9. The van der Waals surface area contributed by atoms with E-state index in [2.05, 4.69) is 151 Å². The fourth-order valence-corrected chi connectivity index (χ4v) is 9.24. The van der Waals surface area contributed by atoms with Crippen LogP contribution in [-0.2, 0) is 6.42 Å². The molecule has 8 heteroatoms. The van der Waals surface area contributed by atoms with E-state index in [9.17, 15) is 9.59 Å². The minimum atomic E-state index is -0.0540. The van der Waals surface area contributed by atoms with Crippen molar-refractivity contribution in [1.82, 2.24) is 0 Å². The molecule has 2 aromatic heterocycles. The van der Waals surface area contributed by atoms with E-state index in [0.29, 0.717) is 43.9 Å². The highest BCUT2D eigenvalue weighted by Crippen LogP contribution is 2.38. The maximum Gasteiger partial charge on any atom is 0.200 e. The molecule has 6 nitrogen and oxygen atoms in total. The van der Waals surface area contributed by atoms with Crippen LogP contribution in [0.3, 0.4) is 0 Å². The van der Waals surface area contributed by atoms with Crippen LogP contribution < -0.4 is 20.7 Å². The maximum absolute atomic E-state index is 13.9. The van der Waals surface area contributed by atoms with Gasteiger partial charge in [0, 0.05) is 49.1 Å². The molecule has 0 saturated heterocycles. The lowest BCUT2D eigenvalue weighted by Crippen LogP contribution is -2.11. The monoisotopic (exact) mass is 1050 g/mol. The van der Waals surface area contributed by atoms with Crippen molar-refractivity contribution in [3.63, 3.8) is 0 Å². The summed E-state index contributed by atoms with van der Waals surface area (Å²) in [7, 11) is 0. The van der Waals surface area contributed by atoms with E-state index in [-0.39, 0.29) is 10.9 Å². The van der Waals surface area contributed by atoms with E-state index >= 15 is 0 Å². The van der Waals surface area contributed by atoms with Crippen molar-refractivity contribution in [3.05, 3.63) is 295 Å². The van der Waals surface area contributed by atoms with Crippen LogP contribution in [0.4, 0.5) is 34.1 Å². The summed E-state index contributed by atoms with van der Waals surface area (Å²) in [6, 6.07) is 84.2. The van der Waals surface area contributed by atoms with Crippen LogP contribution in [0, 0.1) is 0 Å². The van der Waals surface area contributed by atoms with Gasteiger partial charge >= 0.3 is 0 Å². The highest BCUT2D eigenvalue weighted by Gasteiger charge is 2.18. The standard InChI is InChI=1S/C37H26N2O2.C13H6Br2O2.C13H12/c40-37-33-23-21-32(39(29-17-9-3-10-18-29)30-19-11-4-12-20-30)26-36(33)41-35-24-22-31(25-34(35)37)38(27-13-5-1-6-14-27)28-15-7-2-8-16-28;14-7-2-4-11-10(5-7)13(16)9-3-1-8(15)6-12(9)17-11;1-3-7-12(8-4-1)11-13-9-5-2-6-10-13/h1-26H;1-6H;1-10H,11H2. The van der Waals surface area contributed by atoms with Crippen molar-refractivity contribution in [3.8, 4) is 0 Å². The number of anilines is 6. The fraction of sp³-hybridized carbons (Fsp3) is 0.0159. The predicted octanol–water partition coefficient (Wildman–Crippen LogP) is 17.6. The van der Waals surface area contributed by atoms with Gasteiger partial charge in [0.2, 0.25) is 10.9 Å². The molecular weight excluding hydrogens is 1010 g/mol. The molecule has 0 spiro atoms. The lowest BCUT2D eigenvalue weighted by atomic mass is 10.1. The van der Waals surface area contributed by atoms with Gasteiger partial charge in [-0.3, -0.25) is 9.59 Å². The lowest BCUT2D eigenvalue weighted by molar-refractivity contribution is 0.659. The minimum Gasteiger partial charge on any atom is -0.456 e. The molecule has 0 radical (unpaired) electrons. The summed E-state index contributed by atoms with van der Waals surface area (Å²) in [6.45, 7) is 0. The van der Waals surface area contributed by atoms with E-state index in [1.807, 2.05) is 121 Å². The molecule has 2 heterocycles. The predicted molar refractivity (Wildman–Crippen MR) is 300 cm³/mol. The van der Waals surface area contributed by atoms with Gasteiger partial charge < -0.3 is 18.6 Å². The van der Waals surface area contributed by atoms with Crippen LogP contribution in [0.15, 0.2) is 282 Å². The minimum absolute atomic E-state index is 0.00458. The molecule has 0 bridgehead atoms. The number of hydrogen-bond donors (Lipinski definition) is 0. The first-order valence-corrected chi connectivity index (χ1v) is 24.7. The van der Waals surface area contributed by atoms with Crippen LogP contribution >= 0.6 is 31.9 Å². The molecule has 0 saturated carbocycles. The smallest absolute Gasteiger partial charge is 0.200 e. The fourth-order valence-electron chi connectivity index (χ4n) is 8.54. The number of para-hydroxylation sites is 4. The molecular formula is C63H44Br2N2O4. The largest absolute Gasteiger partial charge is 0.456 e. The first-order valence-electron chi connectivity index (χ1n) is 23.1. The van der Waals surface area contributed by atoms with Crippen LogP contribution in [0.2, 0.25) is 0 Å². The van der Waals surface area contributed by atoms with Gasteiger partial charge in [0.15, 0.2) is 0 Å². The van der Waals surface area contributed by atoms with Gasteiger partial charge in [-0.1, -0.05) is 165 Å². The van der Waals surface area contributed by atoms with Gasteiger partial charge in [-0.15, -0.1) is 0 Å². The molecule has 10 aromatic carbocycles. The number of hydrogen-bond acceptors (Lipinski definition) is 6. The van der Waals surface area contributed by atoms with Gasteiger partial charge in [0.05, 0.1) is 21.5 Å². The molecule has 0 amide bonds. The highest BCUT2D eigenvalue weighted by molar-refractivity contribution is 9.10. The first-order chi connectivity index (χ1) is 34.9. The zero-order valence-electron chi connectivity index (χ0n) is 38.2. The molecule has 0 aliphatic rings. The average Bonchev–Trinajstić information content (AvgIpc) is 3.41. The van der Waals surface area contributed by atoms with Crippen molar-refractivity contribution in [2.75, 3.05) is 9.80 Å². The summed E-state index contributed by atoms with van der Waals surface area (Å²) in [4.78, 5) is 30.4. The third-order valence-corrected chi connectivity index (χ3v) is 12.9. The molecule has 0 fully saturated rings. The molecule has 344 valence electrons. The van der Waals surface area contributed by atoms with Crippen LogP contribution in [-0.4, -0.2) is 0 Å². The molecule has 12 rings (SSSR count). The van der Waals surface area contributed by atoms with Gasteiger partial charge in [-0.05, 0) is 133 Å². The third kappa shape index (κ3) is 10.6. The summed E-state index contributed by atoms with van der Waals surface area (Å²) >= 11 is 6.72. The Kier molecular flexibility index (Phi) is 14.1. The Morgan fingerprint density at radius 3 is 1.10 bits per heavy atom. The van der Waals surface area contributed by atoms with Crippen LogP contribution in [0.1, 0.15) is 11.1 Å². The van der Waals surface area contributed by atoms with Gasteiger partial charge in [-0.2, -0.15) is 0 Å². The van der Waals surface area contributed by atoms with Gasteiger partial charge in [0.25, 0.3) is 0 Å².